The van der Waals surface area contributed by atoms with Gasteiger partial charge in [-0.15, -0.1) is 0 Å². The lowest BCUT2D eigenvalue weighted by Gasteiger charge is -2.40. The summed E-state index contributed by atoms with van der Waals surface area (Å²) in [5.74, 6) is -0.775. The zero-order valence-corrected chi connectivity index (χ0v) is 31.2. The summed E-state index contributed by atoms with van der Waals surface area (Å²) in [6.45, 7) is 11.6. The normalized spacial score (nSPS) is 13.1. The van der Waals surface area contributed by atoms with Gasteiger partial charge in [-0.25, -0.2) is 0 Å². The summed E-state index contributed by atoms with van der Waals surface area (Å²) in [5, 5.41) is 3.81. The van der Waals surface area contributed by atoms with Crippen molar-refractivity contribution < 1.29 is 23.8 Å². The van der Waals surface area contributed by atoms with Gasteiger partial charge >= 0.3 is 11.9 Å². The second-order valence-corrected chi connectivity index (χ2v) is 15.2. The molecule has 5 aromatic carbocycles. The minimum Gasteiger partial charge on any atom is -0.489 e. The third-order valence-electron chi connectivity index (χ3n) is 8.62. The van der Waals surface area contributed by atoms with Crippen LogP contribution in [0.5, 0.6) is 5.75 Å². The molecule has 0 aliphatic rings. The summed E-state index contributed by atoms with van der Waals surface area (Å²) in [4.78, 5) is 28.5. The van der Waals surface area contributed by atoms with Crippen molar-refractivity contribution in [1.82, 2.24) is 5.32 Å². The van der Waals surface area contributed by atoms with E-state index in [-0.39, 0.29) is 12.4 Å². The average molecular weight is 698 g/mol. The Hall–Kier alpha value is -5.20. The van der Waals surface area contributed by atoms with Crippen LogP contribution >= 0.6 is 0 Å². The van der Waals surface area contributed by atoms with Crippen molar-refractivity contribution in [2.45, 2.75) is 83.8 Å². The minimum atomic E-state index is -0.971. The van der Waals surface area contributed by atoms with Gasteiger partial charge < -0.3 is 14.2 Å². The zero-order valence-electron chi connectivity index (χ0n) is 31.2. The Morgan fingerprint density at radius 3 is 1.40 bits per heavy atom. The highest BCUT2D eigenvalue weighted by molar-refractivity contribution is 5.79. The summed E-state index contributed by atoms with van der Waals surface area (Å²) >= 11 is 0. The number of rotatable bonds is 14. The van der Waals surface area contributed by atoms with Crippen LogP contribution in [0.15, 0.2) is 146 Å². The molecule has 0 aliphatic heterocycles. The first-order valence-corrected chi connectivity index (χ1v) is 18.0. The Morgan fingerprint density at radius 2 is 0.962 bits per heavy atom. The Labute approximate surface area is 309 Å². The SMILES string of the molecule is CC(C)(C)OC(=O)C(Cc1ccc(OCc2ccccc2)cc1)C[C@@H](NC(c1ccccc1)(c1ccccc1)c1ccccc1)C(=O)OC(C)(C)C. The van der Waals surface area contributed by atoms with Gasteiger partial charge in [0.05, 0.1) is 11.5 Å². The minimum absolute atomic E-state index is 0.129. The molecule has 0 fully saturated rings. The van der Waals surface area contributed by atoms with Crippen molar-refractivity contribution in [3.05, 3.63) is 173 Å². The molecule has 52 heavy (non-hydrogen) atoms. The van der Waals surface area contributed by atoms with Crippen molar-refractivity contribution in [3.63, 3.8) is 0 Å². The van der Waals surface area contributed by atoms with Crippen LogP contribution in [0.3, 0.4) is 0 Å². The molecular formula is C46H51NO5. The quantitative estimate of drug-likeness (QED) is 0.0921. The zero-order chi connectivity index (χ0) is 37.2. The van der Waals surface area contributed by atoms with Gasteiger partial charge in [0.15, 0.2) is 0 Å². The summed E-state index contributed by atoms with van der Waals surface area (Å²) in [5.41, 5.74) is 2.38. The van der Waals surface area contributed by atoms with Gasteiger partial charge in [-0.05, 0) is 94.3 Å². The van der Waals surface area contributed by atoms with Gasteiger partial charge in [0, 0.05) is 0 Å². The van der Waals surface area contributed by atoms with Crippen LogP contribution in [0.4, 0.5) is 0 Å². The number of carbonyl (C=O) groups is 2. The molecule has 0 radical (unpaired) electrons. The average Bonchev–Trinajstić information content (AvgIpc) is 3.12. The van der Waals surface area contributed by atoms with Crippen molar-refractivity contribution in [2.24, 2.45) is 5.92 Å². The van der Waals surface area contributed by atoms with Crippen molar-refractivity contribution in [1.29, 1.82) is 0 Å². The lowest BCUT2D eigenvalue weighted by Crippen LogP contribution is -2.54. The fraction of sp³-hybridized carbons (Fsp3) is 0.304. The molecule has 0 saturated carbocycles. The molecule has 1 unspecified atom stereocenters. The van der Waals surface area contributed by atoms with Crippen LogP contribution in [0.1, 0.15) is 75.8 Å². The lowest BCUT2D eigenvalue weighted by molar-refractivity contribution is -0.162. The van der Waals surface area contributed by atoms with Crippen LogP contribution in [-0.2, 0) is 37.6 Å². The maximum atomic E-state index is 14.4. The van der Waals surface area contributed by atoms with Crippen LogP contribution in [-0.4, -0.2) is 29.2 Å². The fourth-order valence-electron chi connectivity index (χ4n) is 6.34. The van der Waals surface area contributed by atoms with Crippen LogP contribution in [0, 0.1) is 5.92 Å². The molecule has 0 saturated heterocycles. The topological polar surface area (TPSA) is 73.9 Å². The van der Waals surface area contributed by atoms with Crippen LogP contribution < -0.4 is 10.1 Å². The number of esters is 2. The lowest BCUT2D eigenvalue weighted by atomic mass is 9.76. The van der Waals surface area contributed by atoms with E-state index in [1.807, 2.05) is 151 Å². The van der Waals surface area contributed by atoms with Crippen LogP contribution in [0.2, 0.25) is 0 Å². The van der Waals surface area contributed by atoms with E-state index in [0.717, 1.165) is 33.6 Å². The highest BCUT2D eigenvalue weighted by atomic mass is 16.6. The molecule has 270 valence electrons. The van der Waals surface area contributed by atoms with Gasteiger partial charge in [-0.3, -0.25) is 14.9 Å². The summed E-state index contributed by atoms with van der Waals surface area (Å²) in [7, 11) is 0. The fourth-order valence-corrected chi connectivity index (χ4v) is 6.34. The van der Waals surface area contributed by atoms with Crippen LogP contribution in [0.25, 0.3) is 0 Å². The molecular weight excluding hydrogens is 647 g/mol. The van der Waals surface area contributed by atoms with E-state index in [4.69, 9.17) is 14.2 Å². The summed E-state index contributed by atoms with van der Waals surface area (Å²) < 4.78 is 18.1. The summed E-state index contributed by atoms with van der Waals surface area (Å²) in [6, 6.07) is 47.1. The standard InChI is InChI=1S/C46H51NO5/c1-44(2,3)51-42(48)36(31-34-27-29-40(30-28-34)50-33-35-19-11-7-12-20-35)32-41(43(49)52-45(4,5)6)47-46(37-21-13-8-14-22-37,38-23-15-9-16-24-38)39-25-17-10-18-26-39/h7-30,36,41,47H,31-33H2,1-6H3/t36?,41-/m1/s1. The maximum absolute atomic E-state index is 14.4. The molecule has 1 N–H and O–H groups in total. The van der Waals surface area contributed by atoms with Gasteiger partial charge in [0.1, 0.15) is 29.6 Å². The second kappa shape index (κ2) is 16.9. The first-order chi connectivity index (χ1) is 24.8. The van der Waals surface area contributed by atoms with Crippen molar-refractivity contribution >= 4 is 11.9 Å². The van der Waals surface area contributed by atoms with Gasteiger partial charge in [-0.2, -0.15) is 0 Å². The predicted octanol–water partition coefficient (Wildman–Crippen LogP) is 9.45. The molecule has 0 aromatic heterocycles. The largest absolute Gasteiger partial charge is 0.489 e. The molecule has 0 heterocycles. The van der Waals surface area contributed by atoms with Gasteiger partial charge in [0.2, 0.25) is 0 Å². The molecule has 5 rings (SSSR count). The number of carbonyl (C=O) groups excluding carboxylic acids is 2. The molecule has 6 heteroatoms. The highest BCUT2D eigenvalue weighted by Gasteiger charge is 2.42. The first kappa shape index (κ1) is 38.0. The van der Waals surface area contributed by atoms with E-state index < -0.39 is 34.7 Å². The molecule has 0 bridgehead atoms. The van der Waals surface area contributed by atoms with Crippen molar-refractivity contribution in [3.8, 4) is 5.75 Å². The Balaban J connectivity index is 1.54. The Kier molecular flexibility index (Phi) is 12.3. The first-order valence-electron chi connectivity index (χ1n) is 18.0. The maximum Gasteiger partial charge on any atom is 0.323 e. The number of hydrogen-bond acceptors (Lipinski definition) is 6. The van der Waals surface area contributed by atoms with E-state index in [0.29, 0.717) is 13.0 Å². The van der Waals surface area contributed by atoms with E-state index in [1.54, 1.807) is 0 Å². The van der Waals surface area contributed by atoms with E-state index in [9.17, 15) is 9.59 Å². The van der Waals surface area contributed by atoms with Crippen molar-refractivity contribution in [2.75, 3.05) is 0 Å². The van der Waals surface area contributed by atoms with E-state index in [1.165, 1.54) is 0 Å². The van der Waals surface area contributed by atoms with Gasteiger partial charge in [-0.1, -0.05) is 133 Å². The molecule has 0 spiro atoms. The monoisotopic (exact) mass is 697 g/mol. The smallest absolute Gasteiger partial charge is 0.323 e. The number of benzene rings is 5. The number of hydrogen-bond donors (Lipinski definition) is 1. The second-order valence-electron chi connectivity index (χ2n) is 15.2. The number of nitrogens with one attached hydrogen (secondary N) is 1. The van der Waals surface area contributed by atoms with E-state index >= 15 is 0 Å². The number of ether oxygens (including phenoxy) is 3. The van der Waals surface area contributed by atoms with Gasteiger partial charge in [0.25, 0.3) is 0 Å². The molecule has 6 nitrogen and oxygen atoms in total. The molecule has 0 aliphatic carbocycles. The molecule has 2 atom stereocenters. The Bertz CT molecular complexity index is 1750. The Morgan fingerprint density at radius 1 is 0.538 bits per heavy atom. The highest BCUT2D eigenvalue weighted by Crippen LogP contribution is 2.38. The molecule has 5 aromatic rings. The third-order valence-corrected chi connectivity index (χ3v) is 8.62. The van der Waals surface area contributed by atoms with E-state index in [2.05, 4.69) is 41.7 Å². The summed E-state index contributed by atoms with van der Waals surface area (Å²) in [6.07, 6.45) is 0.480. The molecule has 0 amide bonds. The third kappa shape index (κ3) is 10.4. The predicted molar refractivity (Wildman–Crippen MR) is 207 cm³/mol.